The van der Waals surface area contributed by atoms with Crippen LogP contribution in [0.1, 0.15) is 38.5 Å². The molecule has 3 rings (SSSR count). The van der Waals surface area contributed by atoms with E-state index in [1.165, 1.54) is 12.8 Å². The van der Waals surface area contributed by atoms with Crippen molar-refractivity contribution in [2.24, 2.45) is 0 Å². The summed E-state index contributed by atoms with van der Waals surface area (Å²) in [6.07, 6.45) is 6.14. The molecule has 0 spiro atoms. The van der Waals surface area contributed by atoms with E-state index in [4.69, 9.17) is 0 Å². The molecule has 3 saturated heterocycles. The van der Waals surface area contributed by atoms with Crippen LogP contribution in [0, 0.1) is 0 Å². The molecule has 3 aliphatic rings. The second kappa shape index (κ2) is 5.68. The SMILES string of the molecule is O=S(=O)(NC1CCN2CCCCC12)C1CCNCC1. The number of hydrogen-bond donors (Lipinski definition) is 2. The van der Waals surface area contributed by atoms with Crippen LogP contribution in [0.25, 0.3) is 0 Å². The predicted octanol–water partition coefficient (Wildman–Crippen LogP) is 0.285. The van der Waals surface area contributed by atoms with Crippen LogP contribution in [0.5, 0.6) is 0 Å². The quantitative estimate of drug-likeness (QED) is 0.783. The number of rotatable bonds is 3. The lowest BCUT2D eigenvalue weighted by molar-refractivity contribution is 0.186. The Morgan fingerprint density at radius 1 is 1.00 bits per heavy atom. The lowest BCUT2D eigenvalue weighted by Crippen LogP contribution is -2.50. The molecular formula is C13H25N3O2S. The van der Waals surface area contributed by atoms with Gasteiger partial charge < -0.3 is 5.32 Å². The number of sulfonamides is 1. The first kappa shape index (κ1) is 13.8. The summed E-state index contributed by atoms with van der Waals surface area (Å²) in [5, 5.41) is 3.04. The second-order valence-corrected chi connectivity index (χ2v) is 8.10. The highest BCUT2D eigenvalue weighted by atomic mass is 32.2. The molecular weight excluding hydrogens is 262 g/mol. The fourth-order valence-corrected chi connectivity index (χ4v) is 5.54. The van der Waals surface area contributed by atoms with Crippen molar-refractivity contribution in [3.05, 3.63) is 0 Å². The van der Waals surface area contributed by atoms with Crippen molar-refractivity contribution in [1.29, 1.82) is 0 Å². The minimum absolute atomic E-state index is 0.153. The van der Waals surface area contributed by atoms with Crippen LogP contribution in [-0.2, 0) is 10.0 Å². The number of nitrogens with one attached hydrogen (secondary N) is 2. The van der Waals surface area contributed by atoms with Crippen molar-refractivity contribution >= 4 is 10.0 Å². The Bertz CT molecular complexity index is 406. The van der Waals surface area contributed by atoms with Crippen LogP contribution in [0.2, 0.25) is 0 Å². The monoisotopic (exact) mass is 287 g/mol. The molecule has 2 unspecified atom stereocenters. The van der Waals surface area contributed by atoms with E-state index in [9.17, 15) is 8.42 Å². The average molecular weight is 287 g/mol. The molecule has 0 aromatic rings. The summed E-state index contributed by atoms with van der Waals surface area (Å²) in [6.45, 7) is 3.86. The van der Waals surface area contributed by atoms with Gasteiger partial charge in [-0.15, -0.1) is 0 Å². The van der Waals surface area contributed by atoms with Gasteiger partial charge in [0.25, 0.3) is 0 Å². The largest absolute Gasteiger partial charge is 0.317 e. The molecule has 0 aliphatic carbocycles. The molecule has 0 aromatic carbocycles. The van der Waals surface area contributed by atoms with Crippen LogP contribution in [0.15, 0.2) is 0 Å². The van der Waals surface area contributed by atoms with E-state index in [1.807, 2.05) is 0 Å². The summed E-state index contributed by atoms with van der Waals surface area (Å²) in [5.74, 6) is 0. The van der Waals surface area contributed by atoms with E-state index in [0.717, 1.165) is 51.9 Å². The van der Waals surface area contributed by atoms with E-state index in [0.29, 0.717) is 6.04 Å². The fourth-order valence-electron chi connectivity index (χ4n) is 3.80. The van der Waals surface area contributed by atoms with Crippen molar-refractivity contribution < 1.29 is 8.42 Å². The van der Waals surface area contributed by atoms with Crippen molar-refractivity contribution in [2.45, 2.75) is 55.9 Å². The Hall–Kier alpha value is -0.170. The summed E-state index contributed by atoms with van der Waals surface area (Å²) in [4.78, 5) is 2.47. The summed E-state index contributed by atoms with van der Waals surface area (Å²) in [6, 6.07) is 0.602. The molecule has 0 bridgehead atoms. The van der Waals surface area contributed by atoms with Gasteiger partial charge in [0.1, 0.15) is 0 Å². The normalized spacial score (nSPS) is 34.3. The molecule has 110 valence electrons. The summed E-state index contributed by atoms with van der Waals surface area (Å²) < 4.78 is 27.9. The summed E-state index contributed by atoms with van der Waals surface area (Å²) in [5.41, 5.74) is 0. The van der Waals surface area contributed by atoms with Gasteiger partial charge in [0, 0.05) is 18.6 Å². The molecule has 0 radical (unpaired) electrons. The van der Waals surface area contributed by atoms with Crippen LogP contribution in [0.3, 0.4) is 0 Å². The minimum Gasteiger partial charge on any atom is -0.317 e. The third-order valence-corrected chi connectivity index (χ3v) is 6.88. The highest BCUT2D eigenvalue weighted by molar-refractivity contribution is 7.90. The van der Waals surface area contributed by atoms with E-state index in [2.05, 4.69) is 14.9 Å². The van der Waals surface area contributed by atoms with E-state index in [1.54, 1.807) is 0 Å². The van der Waals surface area contributed by atoms with Gasteiger partial charge in [0.2, 0.25) is 10.0 Å². The fraction of sp³-hybridized carbons (Fsp3) is 1.00. The number of nitrogens with zero attached hydrogens (tertiary/aromatic N) is 1. The maximum absolute atomic E-state index is 12.5. The Morgan fingerprint density at radius 2 is 1.79 bits per heavy atom. The predicted molar refractivity (Wildman–Crippen MR) is 75.6 cm³/mol. The Labute approximate surface area is 116 Å². The smallest absolute Gasteiger partial charge is 0.214 e. The molecule has 5 nitrogen and oxygen atoms in total. The Kier molecular flexibility index (Phi) is 4.12. The van der Waals surface area contributed by atoms with Crippen LogP contribution >= 0.6 is 0 Å². The minimum atomic E-state index is -3.13. The maximum atomic E-state index is 12.5. The average Bonchev–Trinajstić information content (AvgIpc) is 2.83. The first-order valence-corrected chi connectivity index (χ1v) is 9.17. The molecule has 2 N–H and O–H groups in total. The van der Waals surface area contributed by atoms with E-state index in [-0.39, 0.29) is 11.3 Å². The van der Waals surface area contributed by atoms with E-state index >= 15 is 0 Å². The molecule has 19 heavy (non-hydrogen) atoms. The molecule has 0 saturated carbocycles. The zero-order valence-corrected chi connectivity index (χ0v) is 12.3. The van der Waals surface area contributed by atoms with Crippen LogP contribution in [-0.4, -0.2) is 56.8 Å². The molecule has 0 aromatic heterocycles. The standard InChI is InChI=1S/C13H25N3O2S/c17-19(18,11-4-7-14-8-5-11)15-12-6-10-16-9-2-1-3-13(12)16/h11-15H,1-10H2. The van der Waals surface area contributed by atoms with Gasteiger partial charge in [0.05, 0.1) is 5.25 Å². The first-order valence-electron chi connectivity index (χ1n) is 7.63. The topological polar surface area (TPSA) is 61.4 Å². The number of hydrogen-bond acceptors (Lipinski definition) is 4. The zero-order valence-electron chi connectivity index (χ0n) is 11.5. The van der Waals surface area contributed by atoms with Gasteiger partial charge in [0.15, 0.2) is 0 Å². The lowest BCUT2D eigenvalue weighted by atomic mass is 10.00. The number of fused-ring (bicyclic) bond motifs is 1. The van der Waals surface area contributed by atoms with Crippen molar-refractivity contribution in [3.63, 3.8) is 0 Å². The number of piperidine rings is 2. The Morgan fingerprint density at radius 3 is 2.58 bits per heavy atom. The molecule has 6 heteroatoms. The molecule has 3 heterocycles. The van der Waals surface area contributed by atoms with Crippen molar-refractivity contribution in [3.8, 4) is 0 Å². The highest BCUT2D eigenvalue weighted by Gasteiger charge is 2.39. The van der Waals surface area contributed by atoms with Crippen molar-refractivity contribution in [2.75, 3.05) is 26.2 Å². The van der Waals surface area contributed by atoms with Gasteiger partial charge in [-0.25, -0.2) is 13.1 Å². The molecule has 2 atom stereocenters. The van der Waals surface area contributed by atoms with Gasteiger partial charge in [-0.3, -0.25) is 4.90 Å². The molecule has 3 fully saturated rings. The van der Waals surface area contributed by atoms with Crippen LogP contribution in [0.4, 0.5) is 0 Å². The first-order chi connectivity index (χ1) is 9.17. The van der Waals surface area contributed by atoms with Gasteiger partial charge in [-0.05, 0) is 51.7 Å². The van der Waals surface area contributed by atoms with E-state index < -0.39 is 10.0 Å². The van der Waals surface area contributed by atoms with Crippen LogP contribution < -0.4 is 10.0 Å². The van der Waals surface area contributed by atoms with Gasteiger partial charge in [-0.2, -0.15) is 0 Å². The van der Waals surface area contributed by atoms with Gasteiger partial charge in [-0.1, -0.05) is 6.42 Å². The Balaban J connectivity index is 1.63. The third kappa shape index (κ3) is 2.96. The highest BCUT2D eigenvalue weighted by Crippen LogP contribution is 2.28. The summed E-state index contributed by atoms with van der Waals surface area (Å²) >= 11 is 0. The summed E-state index contributed by atoms with van der Waals surface area (Å²) in [7, 11) is -3.13. The molecule has 3 aliphatic heterocycles. The van der Waals surface area contributed by atoms with Gasteiger partial charge >= 0.3 is 0 Å². The second-order valence-electron chi connectivity index (χ2n) is 6.11. The van der Waals surface area contributed by atoms with Crippen molar-refractivity contribution in [1.82, 2.24) is 14.9 Å². The third-order valence-electron chi connectivity index (χ3n) is 4.90. The lowest BCUT2D eigenvalue weighted by Gasteiger charge is -2.33. The maximum Gasteiger partial charge on any atom is 0.214 e. The molecule has 0 amide bonds. The zero-order chi connectivity index (χ0) is 13.3.